The molecule has 0 unspecified atom stereocenters. The second-order valence-corrected chi connectivity index (χ2v) is 4.30. The molecule has 2 radical (unpaired) electrons. The molecule has 0 nitrogen and oxygen atoms in total. The van der Waals surface area contributed by atoms with Crippen molar-refractivity contribution in [2.24, 2.45) is 0 Å². The Morgan fingerprint density at radius 2 is 1.24 bits per heavy atom. The molecule has 0 fully saturated rings. The lowest BCUT2D eigenvalue weighted by molar-refractivity contribution is 0.698. The molecule has 2 aromatic carbocycles. The third-order valence-electron chi connectivity index (χ3n) is 3.10. The van der Waals surface area contributed by atoms with E-state index in [0.717, 1.165) is 19.2 Å². The molecule has 0 N–H and O–H groups in total. The quantitative estimate of drug-likeness (QED) is 0.663. The second kappa shape index (κ2) is 6.29. The maximum atomic E-state index is 5.63. The highest BCUT2D eigenvalue weighted by Crippen LogP contribution is 2.29. The third kappa shape index (κ3) is 3.23. The summed E-state index contributed by atoms with van der Waals surface area (Å²) in [7, 11) is 5.63. The minimum absolute atomic E-state index is 0.473. The Labute approximate surface area is 105 Å². The van der Waals surface area contributed by atoms with Gasteiger partial charge in [0, 0.05) is 5.92 Å². The van der Waals surface area contributed by atoms with E-state index in [1.165, 1.54) is 11.1 Å². The smallest absolute Gasteiger partial charge is 0.0653 e. The van der Waals surface area contributed by atoms with Gasteiger partial charge in [0.2, 0.25) is 0 Å². The van der Waals surface area contributed by atoms with E-state index < -0.39 is 0 Å². The van der Waals surface area contributed by atoms with Gasteiger partial charge in [0.1, 0.15) is 0 Å². The van der Waals surface area contributed by atoms with E-state index >= 15 is 0 Å². The van der Waals surface area contributed by atoms with Gasteiger partial charge in [0.25, 0.3) is 0 Å². The van der Waals surface area contributed by atoms with Crippen LogP contribution in [0.3, 0.4) is 0 Å². The number of rotatable bonds is 5. The van der Waals surface area contributed by atoms with Crippen molar-refractivity contribution in [3.8, 4) is 0 Å². The van der Waals surface area contributed by atoms with Crippen LogP contribution in [0.15, 0.2) is 60.7 Å². The maximum Gasteiger partial charge on any atom is 0.0653 e. The van der Waals surface area contributed by atoms with Gasteiger partial charge in [-0.15, -0.1) is 0 Å². The molecule has 0 amide bonds. The molecule has 17 heavy (non-hydrogen) atoms. The molecule has 1 heteroatoms. The Morgan fingerprint density at radius 1 is 0.765 bits per heavy atom. The summed E-state index contributed by atoms with van der Waals surface area (Å²) in [5.41, 5.74) is 2.76. The average Bonchev–Trinajstić information content (AvgIpc) is 2.42. The lowest BCUT2D eigenvalue weighted by Gasteiger charge is -2.17. The van der Waals surface area contributed by atoms with Crippen molar-refractivity contribution >= 4 is 7.85 Å². The van der Waals surface area contributed by atoms with Crippen LogP contribution in [0.2, 0.25) is 6.32 Å². The zero-order valence-electron chi connectivity index (χ0n) is 10.0. The Morgan fingerprint density at radius 3 is 1.65 bits per heavy atom. The van der Waals surface area contributed by atoms with Gasteiger partial charge in [0.05, 0.1) is 7.85 Å². The van der Waals surface area contributed by atoms with Crippen molar-refractivity contribution in [1.82, 2.24) is 0 Å². The fourth-order valence-electron chi connectivity index (χ4n) is 2.22. The van der Waals surface area contributed by atoms with Crippen LogP contribution in [0.25, 0.3) is 0 Å². The first kappa shape index (κ1) is 12.0. The Hall–Kier alpha value is -1.50. The molecule has 0 aromatic heterocycles. The molecule has 0 aliphatic rings. The van der Waals surface area contributed by atoms with Gasteiger partial charge in [-0.2, -0.15) is 0 Å². The van der Waals surface area contributed by atoms with Crippen LogP contribution in [-0.2, 0) is 0 Å². The number of hydrogen-bond donors (Lipinski definition) is 0. The van der Waals surface area contributed by atoms with E-state index in [1.807, 2.05) is 0 Å². The van der Waals surface area contributed by atoms with Gasteiger partial charge in [0.15, 0.2) is 0 Å². The largest absolute Gasteiger partial charge is 0.0887 e. The summed E-state index contributed by atoms with van der Waals surface area (Å²) in [6, 6.07) is 21.4. The summed E-state index contributed by atoms with van der Waals surface area (Å²) in [6.07, 6.45) is 2.94. The molecule has 0 heterocycles. The first-order valence-corrected chi connectivity index (χ1v) is 6.22. The van der Waals surface area contributed by atoms with Crippen molar-refractivity contribution in [3.63, 3.8) is 0 Å². The third-order valence-corrected chi connectivity index (χ3v) is 3.10. The molecule has 2 rings (SSSR count). The van der Waals surface area contributed by atoms with Crippen LogP contribution in [0.1, 0.15) is 29.9 Å². The van der Waals surface area contributed by atoms with E-state index in [9.17, 15) is 0 Å². The maximum absolute atomic E-state index is 5.63. The molecule has 0 bridgehead atoms. The summed E-state index contributed by atoms with van der Waals surface area (Å²) in [4.78, 5) is 0. The molecule has 0 aliphatic heterocycles. The number of benzene rings is 2. The Bertz CT molecular complexity index is 382. The SMILES string of the molecule is [B]CCCC(c1ccccc1)c1ccccc1. The van der Waals surface area contributed by atoms with Gasteiger partial charge in [-0.3, -0.25) is 0 Å². The molecule has 0 aliphatic carbocycles. The highest BCUT2D eigenvalue weighted by molar-refractivity contribution is 6.08. The van der Waals surface area contributed by atoms with Crippen molar-refractivity contribution in [2.75, 3.05) is 0 Å². The van der Waals surface area contributed by atoms with Crippen LogP contribution in [0.4, 0.5) is 0 Å². The van der Waals surface area contributed by atoms with Gasteiger partial charge >= 0.3 is 0 Å². The highest BCUT2D eigenvalue weighted by Gasteiger charge is 2.12. The topological polar surface area (TPSA) is 0 Å². The summed E-state index contributed by atoms with van der Waals surface area (Å²) in [6.45, 7) is 0. The van der Waals surface area contributed by atoms with Crippen LogP contribution in [-0.4, -0.2) is 7.85 Å². The van der Waals surface area contributed by atoms with Crippen LogP contribution >= 0.6 is 0 Å². The summed E-state index contributed by atoms with van der Waals surface area (Å²) < 4.78 is 0. The van der Waals surface area contributed by atoms with Crippen LogP contribution in [0, 0.1) is 0 Å². The lowest BCUT2D eigenvalue weighted by Crippen LogP contribution is -2.00. The van der Waals surface area contributed by atoms with Gasteiger partial charge in [-0.1, -0.05) is 73.4 Å². The van der Waals surface area contributed by atoms with E-state index in [2.05, 4.69) is 60.7 Å². The van der Waals surface area contributed by atoms with Gasteiger partial charge < -0.3 is 0 Å². The predicted molar refractivity (Wildman–Crippen MR) is 74.5 cm³/mol. The number of hydrogen-bond acceptors (Lipinski definition) is 0. The van der Waals surface area contributed by atoms with Crippen molar-refractivity contribution in [2.45, 2.75) is 25.1 Å². The van der Waals surface area contributed by atoms with E-state index in [1.54, 1.807) is 0 Å². The molecule has 0 saturated carbocycles. The molecule has 2 aromatic rings. The minimum atomic E-state index is 0.473. The molecule has 0 spiro atoms. The molecule has 84 valence electrons. The second-order valence-electron chi connectivity index (χ2n) is 4.30. The predicted octanol–water partition coefficient (Wildman–Crippen LogP) is 4.19. The van der Waals surface area contributed by atoms with E-state index in [4.69, 9.17) is 7.85 Å². The van der Waals surface area contributed by atoms with Crippen LogP contribution in [0.5, 0.6) is 0 Å². The van der Waals surface area contributed by atoms with Crippen LogP contribution < -0.4 is 0 Å². The van der Waals surface area contributed by atoms with Crippen molar-refractivity contribution < 1.29 is 0 Å². The first-order chi connectivity index (χ1) is 8.42. The monoisotopic (exact) mass is 220 g/mol. The summed E-state index contributed by atoms with van der Waals surface area (Å²) in [5, 5.41) is 0. The van der Waals surface area contributed by atoms with Gasteiger partial charge in [-0.05, 0) is 17.5 Å². The zero-order valence-corrected chi connectivity index (χ0v) is 10.0. The zero-order chi connectivity index (χ0) is 11.9. The fourth-order valence-corrected chi connectivity index (χ4v) is 2.22. The minimum Gasteiger partial charge on any atom is -0.0887 e. The molecular weight excluding hydrogens is 203 g/mol. The fraction of sp³-hybridized carbons (Fsp3) is 0.250. The lowest BCUT2D eigenvalue weighted by atomic mass is 9.85. The van der Waals surface area contributed by atoms with E-state index in [-0.39, 0.29) is 0 Å². The standard InChI is InChI=1S/C16H17B/c17-13-7-12-16(14-8-3-1-4-9-14)15-10-5-2-6-11-15/h1-6,8-11,16H,7,12-13H2. The first-order valence-electron chi connectivity index (χ1n) is 6.22. The molecular formula is C16H17B. The summed E-state index contributed by atoms with van der Waals surface area (Å²) >= 11 is 0. The molecule has 0 saturated heterocycles. The Balaban J connectivity index is 2.26. The normalized spacial score (nSPS) is 10.6. The Kier molecular flexibility index (Phi) is 4.43. The van der Waals surface area contributed by atoms with Gasteiger partial charge in [-0.25, -0.2) is 0 Å². The highest BCUT2D eigenvalue weighted by atomic mass is 14.2. The summed E-state index contributed by atoms with van der Waals surface area (Å²) in [5.74, 6) is 0.473. The molecule has 0 atom stereocenters. The average molecular weight is 220 g/mol. The van der Waals surface area contributed by atoms with E-state index in [0.29, 0.717) is 5.92 Å². The van der Waals surface area contributed by atoms with Crippen molar-refractivity contribution in [3.05, 3.63) is 71.8 Å². The van der Waals surface area contributed by atoms with Crippen molar-refractivity contribution in [1.29, 1.82) is 0 Å².